The number of aliphatic carboxylic acids is 1. The largest absolute Gasteiger partial charge is 0.479 e. The van der Waals surface area contributed by atoms with E-state index in [1.165, 1.54) is 10.4 Å². The van der Waals surface area contributed by atoms with Crippen LogP contribution in [0.5, 0.6) is 0 Å². The number of carbonyl (C=O) groups is 2. The lowest BCUT2D eigenvalue weighted by Gasteiger charge is -2.18. The lowest BCUT2D eigenvalue weighted by molar-refractivity contribution is -0.156. The molecule has 24 heavy (non-hydrogen) atoms. The van der Waals surface area contributed by atoms with Gasteiger partial charge in [0.25, 0.3) is 10.0 Å². The van der Waals surface area contributed by atoms with Crippen LogP contribution >= 0.6 is 11.3 Å². The minimum atomic E-state index is -3.50. The van der Waals surface area contributed by atoms with Gasteiger partial charge in [-0.25, -0.2) is 13.2 Å². The summed E-state index contributed by atoms with van der Waals surface area (Å²) < 4.78 is 26.4. The summed E-state index contributed by atoms with van der Waals surface area (Å²) in [5, 5.41) is 20.6. The first-order chi connectivity index (χ1) is 11.1. The maximum Gasteiger partial charge on any atom is 0.337 e. The molecule has 0 bridgehead atoms. The number of aliphatic hydroxyl groups is 1. The Kier molecular flexibility index (Phi) is 5.63. The molecule has 2 heterocycles. The third-order valence-electron chi connectivity index (χ3n) is 3.72. The number of nitrogens with zero attached hydrogens (tertiary/aromatic N) is 1. The third-order valence-corrected chi connectivity index (χ3v) is 7.17. The van der Waals surface area contributed by atoms with Crippen molar-refractivity contribution >= 4 is 33.2 Å². The highest BCUT2D eigenvalue weighted by atomic mass is 32.2. The third kappa shape index (κ3) is 4.32. The summed E-state index contributed by atoms with van der Waals surface area (Å²) in [4.78, 5) is 23.1. The molecular formula is C14H20N2O6S2. The first-order valence-corrected chi connectivity index (χ1v) is 9.70. The van der Waals surface area contributed by atoms with Gasteiger partial charge in [-0.1, -0.05) is 0 Å². The highest BCUT2D eigenvalue weighted by molar-refractivity contribution is 7.91. The van der Waals surface area contributed by atoms with E-state index in [1.807, 2.05) is 0 Å². The smallest absolute Gasteiger partial charge is 0.337 e. The van der Waals surface area contributed by atoms with Crippen LogP contribution in [0, 0.1) is 0 Å². The molecule has 8 nitrogen and oxygen atoms in total. The van der Waals surface area contributed by atoms with Crippen molar-refractivity contribution in [3.8, 4) is 0 Å². The van der Waals surface area contributed by atoms with Gasteiger partial charge in [-0.2, -0.15) is 4.31 Å². The summed E-state index contributed by atoms with van der Waals surface area (Å²) >= 11 is 1.03. The van der Waals surface area contributed by atoms with Crippen LogP contribution in [0.4, 0.5) is 0 Å². The zero-order valence-corrected chi connectivity index (χ0v) is 14.8. The summed E-state index contributed by atoms with van der Waals surface area (Å²) in [7, 11) is -3.50. The molecule has 1 fully saturated rings. The molecule has 0 spiro atoms. The Morgan fingerprint density at radius 1 is 1.33 bits per heavy atom. The molecule has 1 amide bonds. The minimum absolute atomic E-state index is 0.0735. The summed E-state index contributed by atoms with van der Waals surface area (Å²) in [6.07, 6.45) is 1.63. The topological polar surface area (TPSA) is 124 Å². The number of hydrogen-bond acceptors (Lipinski definition) is 6. The van der Waals surface area contributed by atoms with Crippen LogP contribution in [-0.2, 0) is 26.0 Å². The fourth-order valence-corrected chi connectivity index (χ4v) is 5.24. The SMILES string of the molecule is CC(O)(CNC(=O)Cc1ccc(S(=O)(=O)N2CCCC2)s1)C(=O)O. The highest BCUT2D eigenvalue weighted by Gasteiger charge is 2.31. The van der Waals surface area contributed by atoms with Crippen molar-refractivity contribution in [1.29, 1.82) is 0 Å². The van der Waals surface area contributed by atoms with Crippen molar-refractivity contribution in [1.82, 2.24) is 9.62 Å². The van der Waals surface area contributed by atoms with Gasteiger partial charge in [0.15, 0.2) is 5.60 Å². The molecule has 1 aliphatic rings. The van der Waals surface area contributed by atoms with Crippen molar-refractivity contribution in [2.75, 3.05) is 19.6 Å². The number of hydrogen-bond donors (Lipinski definition) is 3. The van der Waals surface area contributed by atoms with E-state index in [0.29, 0.717) is 18.0 Å². The van der Waals surface area contributed by atoms with Crippen molar-refractivity contribution in [2.24, 2.45) is 0 Å². The Bertz CT molecular complexity index is 719. The predicted octanol–water partition coefficient (Wildman–Crippen LogP) is 0.0269. The zero-order chi connectivity index (χ0) is 18.0. The van der Waals surface area contributed by atoms with Gasteiger partial charge in [-0.05, 0) is 31.9 Å². The predicted molar refractivity (Wildman–Crippen MR) is 87.3 cm³/mol. The molecular weight excluding hydrogens is 356 g/mol. The van der Waals surface area contributed by atoms with Gasteiger partial charge in [-0.3, -0.25) is 4.79 Å². The molecule has 0 saturated carbocycles. The fraction of sp³-hybridized carbons (Fsp3) is 0.571. The van der Waals surface area contributed by atoms with E-state index < -0.39 is 34.0 Å². The molecule has 10 heteroatoms. The number of nitrogens with one attached hydrogen (secondary N) is 1. The van der Waals surface area contributed by atoms with Gasteiger partial charge < -0.3 is 15.5 Å². The quantitative estimate of drug-likeness (QED) is 0.617. The first-order valence-electron chi connectivity index (χ1n) is 7.44. The van der Waals surface area contributed by atoms with E-state index in [4.69, 9.17) is 5.11 Å². The number of amides is 1. The standard InChI is InChI=1S/C14H20N2O6S2/c1-14(20,13(18)19)9-15-11(17)8-10-4-5-12(23-10)24(21,22)16-6-2-3-7-16/h4-5,20H,2-3,6-9H2,1H3,(H,15,17)(H,18,19). The van der Waals surface area contributed by atoms with Gasteiger partial charge in [0.05, 0.1) is 13.0 Å². The van der Waals surface area contributed by atoms with Crippen molar-refractivity contribution < 1.29 is 28.2 Å². The van der Waals surface area contributed by atoms with Gasteiger partial charge in [0, 0.05) is 18.0 Å². The van der Waals surface area contributed by atoms with E-state index >= 15 is 0 Å². The summed E-state index contributed by atoms with van der Waals surface area (Å²) in [5.74, 6) is -1.92. The molecule has 1 saturated heterocycles. The number of thiophene rings is 1. The van der Waals surface area contributed by atoms with Crippen LogP contribution in [0.25, 0.3) is 0 Å². The molecule has 0 radical (unpaired) electrons. The van der Waals surface area contributed by atoms with Crippen LogP contribution in [0.1, 0.15) is 24.6 Å². The van der Waals surface area contributed by atoms with Crippen molar-refractivity contribution in [2.45, 2.75) is 36.0 Å². The molecule has 1 aromatic rings. The number of carbonyl (C=O) groups excluding carboxylic acids is 1. The molecule has 2 rings (SSSR count). The molecule has 0 aromatic carbocycles. The highest BCUT2D eigenvalue weighted by Crippen LogP contribution is 2.27. The van der Waals surface area contributed by atoms with Crippen molar-refractivity contribution in [3.63, 3.8) is 0 Å². The number of sulfonamides is 1. The number of carboxylic acid groups (broad SMARTS) is 1. The fourth-order valence-electron chi connectivity index (χ4n) is 2.21. The number of carboxylic acids is 1. The van der Waals surface area contributed by atoms with Gasteiger partial charge >= 0.3 is 5.97 Å². The number of rotatable bonds is 7. The second-order valence-electron chi connectivity index (χ2n) is 5.86. The van der Waals surface area contributed by atoms with Gasteiger partial charge in [-0.15, -0.1) is 11.3 Å². The Labute approximate surface area is 144 Å². The van der Waals surface area contributed by atoms with Crippen LogP contribution < -0.4 is 5.32 Å². The van der Waals surface area contributed by atoms with Crippen LogP contribution in [0.3, 0.4) is 0 Å². The molecule has 1 aromatic heterocycles. The Morgan fingerprint density at radius 2 is 1.96 bits per heavy atom. The Balaban J connectivity index is 1.96. The molecule has 134 valence electrons. The van der Waals surface area contributed by atoms with Crippen LogP contribution in [0.15, 0.2) is 16.3 Å². The molecule has 1 aliphatic heterocycles. The maximum atomic E-state index is 12.4. The zero-order valence-electron chi connectivity index (χ0n) is 13.2. The second kappa shape index (κ2) is 7.18. The summed E-state index contributed by atoms with van der Waals surface area (Å²) in [5.41, 5.74) is -2.05. The molecule has 1 atom stereocenters. The van der Waals surface area contributed by atoms with Crippen molar-refractivity contribution in [3.05, 3.63) is 17.0 Å². The average Bonchev–Trinajstić information content (AvgIpc) is 3.17. The van der Waals surface area contributed by atoms with Gasteiger partial charge in [0.1, 0.15) is 4.21 Å². The molecule has 1 unspecified atom stereocenters. The van der Waals surface area contributed by atoms with E-state index in [1.54, 1.807) is 6.07 Å². The van der Waals surface area contributed by atoms with Gasteiger partial charge in [0.2, 0.25) is 5.91 Å². The Morgan fingerprint density at radius 3 is 2.54 bits per heavy atom. The molecule has 0 aliphatic carbocycles. The first kappa shape index (κ1) is 18.8. The van der Waals surface area contributed by atoms with E-state index in [-0.39, 0.29) is 10.6 Å². The normalized spacial score (nSPS) is 18.2. The molecule has 3 N–H and O–H groups in total. The van der Waals surface area contributed by atoms with E-state index in [2.05, 4.69) is 5.32 Å². The lowest BCUT2D eigenvalue weighted by atomic mass is 10.1. The lowest BCUT2D eigenvalue weighted by Crippen LogP contribution is -2.46. The summed E-state index contributed by atoms with van der Waals surface area (Å²) in [6, 6.07) is 3.05. The maximum absolute atomic E-state index is 12.4. The Hall–Kier alpha value is -1.49. The summed E-state index contributed by atoms with van der Waals surface area (Å²) in [6.45, 7) is 1.69. The van der Waals surface area contributed by atoms with E-state index in [0.717, 1.165) is 31.1 Å². The minimum Gasteiger partial charge on any atom is -0.479 e. The monoisotopic (exact) mass is 376 g/mol. The van der Waals surface area contributed by atoms with Crippen LogP contribution in [-0.4, -0.2) is 60.0 Å². The van der Waals surface area contributed by atoms with E-state index in [9.17, 15) is 23.1 Å². The van der Waals surface area contributed by atoms with Crippen LogP contribution in [0.2, 0.25) is 0 Å². The second-order valence-corrected chi connectivity index (χ2v) is 9.20. The average molecular weight is 376 g/mol.